The van der Waals surface area contributed by atoms with Crippen LogP contribution in [0.5, 0.6) is 0 Å². The number of alkyl carbamates (subject to hydrolysis) is 1. The van der Waals surface area contributed by atoms with Gasteiger partial charge in [-0.05, 0) is 38.1 Å². The van der Waals surface area contributed by atoms with Crippen LogP contribution in [-0.2, 0) is 10.9 Å². The Bertz CT molecular complexity index is 500. The minimum Gasteiger partial charge on any atom is -0.447 e. The number of hydrogen-bond donors (Lipinski definition) is 1. The summed E-state index contributed by atoms with van der Waals surface area (Å²) in [6.45, 7) is 4.63. The molecule has 0 aliphatic carbocycles. The molecule has 2 rings (SSSR count). The molecule has 1 aromatic carbocycles. The van der Waals surface area contributed by atoms with Gasteiger partial charge in [0.15, 0.2) is 0 Å². The quantitative estimate of drug-likeness (QED) is 0.929. The molecular weight excluding hydrogens is 285 g/mol. The first kappa shape index (κ1) is 15.5. The zero-order chi connectivity index (χ0) is 15.6. The van der Waals surface area contributed by atoms with Gasteiger partial charge in [0.1, 0.15) is 6.61 Å². The molecule has 1 heterocycles. The summed E-state index contributed by atoms with van der Waals surface area (Å²) >= 11 is 0. The fraction of sp³-hybridized carbons (Fsp3) is 0.500. The molecule has 1 atom stereocenters. The number of benzene rings is 1. The van der Waals surface area contributed by atoms with Crippen molar-refractivity contribution in [1.29, 1.82) is 0 Å². The smallest absolute Gasteiger partial charge is 0.416 e. The SMILES string of the molecule is CC(C)N(C[C@H]1COC(=O)N1)c1ccc(C(F)(F)F)cc1. The van der Waals surface area contributed by atoms with Crippen molar-refractivity contribution < 1.29 is 22.7 Å². The van der Waals surface area contributed by atoms with Gasteiger partial charge in [0.2, 0.25) is 0 Å². The first-order valence-corrected chi connectivity index (χ1v) is 6.64. The molecule has 0 saturated carbocycles. The van der Waals surface area contributed by atoms with Crippen LogP contribution in [0.25, 0.3) is 0 Å². The number of hydrogen-bond acceptors (Lipinski definition) is 3. The van der Waals surface area contributed by atoms with E-state index in [9.17, 15) is 18.0 Å². The second kappa shape index (κ2) is 5.83. The van der Waals surface area contributed by atoms with Crippen molar-refractivity contribution in [3.63, 3.8) is 0 Å². The third-order valence-corrected chi connectivity index (χ3v) is 3.30. The normalized spacial score (nSPS) is 18.6. The second-order valence-corrected chi connectivity index (χ2v) is 5.23. The van der Waals surface area contributed by atoms with Crippen LogP contribution in [0.1, 0.15) is 19.4 Å². The van der Waals surface area contributed by atoms with Crippen LogP contribution in [0.15, 0.2) is 24.3 Å². The van der Waals surface area contributed by atoms with Crippen LogP contribution in [0.3, 0.4) is 0 Å². The van der Waals surface area contributed by atoms with Gasteiger partial charge in [-0.25, -0.2) is 4.79 Å². The molecule has 1 fully saturated rings. The van der Waals surface area contributed by atoms with Gasteiger partial charge >= 0.3 is 12.3 Å². The van der Waals surface area contributed by atoms with Gasteiger partial charge in [0.25, 0.3) is 0 Å². The highest BCUT2D eigenvalue weighted by molar-refractivity contribution is 5.69. The van der Waals surface area contributed by atoms with E-state index in [0.717, 1.165) is 12.1 Å². The zero-order valence-electron chi connectivity index (χ0n) is 11.8. The molecule has 0 spiro atoms. The van der Waals surface area contributed by atoms with Crippen molar-refractivity contribution in [2.45, 2.75) is 32.1 Å². The number of rotatable bonds is 4. The number of amides is 1. The first-order valence-electron chi connectivity index (χ1n) is 6.64. The molecule has 7 heteroatoms. The first-order chi connectivity index (χ1) is 9.77. The predicted molar refractivity (Wildman–Crippen MR) is 72.2 cm³/mol. The average Bonchev–Trinajstić information content (AvgIpc) is 2.80. The maximum atomic E-state index is 12.6. The molecule has 1 N–H and O–H groups in total. The van der Waals surface area contributed by atoms with Crippen LogP contribution in [0, 0.1) is 0 Å². The van der Waals surface area contributed by atoms with Crippen LogP contribution in [0.2, 0.25) is 0 Å². The van der Waals surface area contributed by atoms with E-state index in [1.807, 2.05) is 18.7 Å². The summed E-state index contributed by atoms with van der Waals surface area (Å²) < 4.78 is 42.5. The molecule has 1 aliphatic rings. The van der Waals surface area contributed by atoms with Crippen LogP contribution < -0.4 is 10.2 Å². The third-order valence-electron chi connectivity index (χ3n) is 3.30. The summed E-state index contributed by atoms with van der Waals surface area (Å²) in [7, 11) is 0. The Kier molecular flexibility index (Phi) is 4.29. The Morgan fingerprint density at radius 1 is 1.33 bits per heavy atom. The summed E-state index contributed by atoms with van der Waals surface area (Å²) in [6, 6.07) is 4.94. The molecular formula is C14H17F3N2O2. The lowest BCUT2D eigenvalue weighted by Crippen LogP contribution is -2.43. The highest BCUT2D eigenvalue weighted by Crippen LogP contribution is 2.31. The number of halogens is 3. The fourth-order valence-electron chi connectivity index (χ4n) is 2.22. The van der Waals surface area contributed by atoms with E-state index in [4.69, 9.17) is 4.74 Å². The topological polar surface area (TPSA) is 41.6 Å². The van der Waals surface area contributed by atoms with Crippen molar-refractivity contribution in [1.82, 2.24) is 5.32 Å². The lowest BCUT2D eigenvalue weighted by atomic mass is 10.1. The van der Waals surface area contributed by atoms with Gasteiger partial charge in [-0.3, -0.25) is 0 Å². The Labute approximate surface area is 120 Å². The molecule has 0 radical (unpaired) electrons. The Morgan fingerprint density at radius 3 is 2.38 bits per heavy atom. The monoisotopic (exact) mass is 302 g/mol. The lowest BCUT2D eigenvalue weighted by Gasteiger charge is -2.31. The standard InChI is InChI=1S/C14H17F3N2O2/c1-9(2)19(7-11-8-21-13(20)18-11)12-5-3-10(4-6-12)14(15,16)17/h3-6,9,11H,7-8H2,1-2H3,(H,18,20)/t11-/m0/s1. The Morgan fingerprint density at radius 2 is 1.95 bits per heavy atom. The molecule has 1 amide bonds. The molecule has 4 nitrogen and oxygen atoms in total. The van der Waals surface area contributed by atoms with Gasteiger partial charge < -0.3 is 15.0 Å². The lowest BCUT2D eigenvalue weighted by molar-refractivity contribution is -0.137. The predicted octanol–water partition coefficient (Wildman–Crippen LogP) is 3.03. The minimum atomic E-state index is -4.34. The van der Waals surface area contributed by atoms with Crippen LogP contribution in [-0.4, -0.2) is 31.3 Å². The van der Waals surface area contributed by atoms with Gasteiger partial charge in [-0.1, -0.05) is 0 Å². The van der Waals surface area contributed by atoms with Crippen LogP contribution >= 0.6 is 0 Å². The number of anilines is 1. The van der Waals surface area contributed by atoms with E-state index in [1.165, 1.54) is 12.1 Å². The van der Waals surface area contributed by atoms with Gasteiger partial charge in [0, 0.05) is 18.3 Å². The zero-order valence-corrected chi connectivity index (χ0v) is 11.8. The number of nitrogens with zero attached hydrogens (tertiary/aromatic N) is 1. The molecule has 116 valence electrons. The molecule has 0 aromatic heterocycles. The highest BCUT2D eigenvalue weighted by atomic mass is 19.4. The third kappa shape index (κ3) is 3.80. The maximum Gasteiger partial charge on any atom is 0.416 e. The van der Waals surface area contributed by atoms with Crippen molar-refractivity contribution in [3.05, 3.63) is 29.8 Å². The van der Waals surface area contributed by atoms with Crippen molar-refractivity contribution in [2.75, 3.05) is 18.1 Å². The second-order valence-electron chi connectivity index (χ2n) is 5.23. The number of carbonyl (C=O) groups excluding carboxylic acids is 1. The van der Waals surface area contributed by atoms with Gasteiger partial charge in [-0.15, -0.1) is 0 Å². The van der Waals surface area contributed by atoms with Crippen molar-refractivity contribution in [2.24, 2.45) is 0 Å². The number of carbonyl (C=O) groups is 1. The maximum absolute atomic E-state index is 12.6. The van der Waals surface area contributed by atoms with Crippen molar-refractivity contribution in [3.8, 4) is 0 Å². The minimum absolute atomic E-state index is 0.0826. The number of cyclic esters (lactones) is 1. The molecule has 0 bridgehead atoms. The fourth-order valence-corrected chi connectivity index (χ4v) is 2.22. The summed E-state index contributed by atoms with van der Waals surface area (Å²) in [5, 5.41) is 2.66. The number of ether oxygens (including phenoxy) is 1. The molecule has 1 aromatic rings. The number of nitrogens with one attached hydrogen (secondary N) is 1. The van der Waals surface area contributed by atoms with E-state index in [0.29, 0.717) is 12.2 Å². The largest absolute Gasteiger partial charge is 0.447 e. The summed E-state index contributed by atoms with van der Waals surface area (Å²) in [6.07, 6.45) is -4.80. The van der Waals surface area contributed by atoms with Crippen molar-refractivity contribution >= 4 is 11.8 Å². The Hall–Kier alpha value is -1.92. The highest BCUT2D eigenvalue weighted by Gasteiger charge is 2.31. The van der Waals surface area contributed by atoms with E-state index < -0.39 is 17.8 Å². The van der Waals surface area contributed by atoms with Gasteiger partial charge in [0.05, 0.1) is 11.6 Å². The van der Waals surface area contributed by atoms with E-state index >= 15 is 0 Å². The van der Waals surface area contributed by atoms with E-state index in [1.54, 1.807) is 0 Å². The summed E-state index contributed by atoms with van der Waals surface area (Å²) in [5.41, 5.74) is 0.00612. The van der Waals surface area contributed by atoms with Crippen LogP contribution in [0.4, 0.5) is 23.7 Å². The summed E-state index contributed by atoms with van der Waals surface area (Å²) in [4.78, 5) is 12.9. The molecule has 0 unspecified atom stereocenters. The average molecular weight is 302 g/mol. The molecule has 1 aliphatic heterocycles. The summed E-state index contributed by atoms with van der Waals surface area (Å²) in [5.74, 6) is 0. The van der Waals surface area contributed by atoms with E-state index in [2.05, 4.69) is 5.32 Å². The number of alkyl halides is 3. The molecule has 1 saturated heterocycles. The van der Waals surface area contributed by atoms with E-state index in [-0.39, 0.29) is 18.7 Å². The van der Waals surface area contributed by atoms with Gasteiger partial charge in [-0.2, -0.15) is 13.2 Å². The Balaban J connectivity index is 2.13. The molecule has 21 heavy (non-hydrogen) atoms.